The van der Waals surface area contributed by atoms with E-state index in [4.69, 9.17) is 11.0 Å². The largest absolute Gasteiger partial charge is 0.370 e. The maximum absolute atomic E-state index is 12.9. The summed E-state index contributed by atoms with van der Waals surface area (Å²) in [5.74, 6) is -0.0758. The summed E-state index contributed by atoms with van der Waals surface area (Å²) in [7, 11) is 1.77. The van der Waals surface area contributed by atoms with Crippen molar-refractivity contribution in [3.8, 4) is 6.07 Å². The van der Waals surface area contributed by atoms with E-state index >= 15 is 0 Å². The molecule has 3 amide bonds. The number of aromatic nitrogens is 2. The Hall–Kier alpha value is -4.19. The molecule has 1 aromatic heterocycles. The highest BCUT2D eigenvalue weighted by Crippen LogP contribution is 2.29. The van der Waals surface area contributed by atoms with Gasteiger partial charge in [0.05, 0.1) is 22.7 Å². The third kappa shape index (κ3) is 5.71. The number of benzene rings is 2. The topological polar surface area (TPSA) is 134 Å². The van der Waals surface area contributed by atoms with E-state index < -0.39 is 11.8 Å². The van der Waals surface area contributed by atoms with Crippen molar-refractivity contribution in [2.45, 2.75) is 51.5 Å². The van der Waals surface area contributed by atoms with Crippen LogP contribution in [0.4, 0.5) is 11.6 Å². The smallest absolute Gasteiger partial charge is 0.257 e. The Kier molecular flexibility index (Phi) is 7.64. The van der Waals surface area contributed by atoms with Crippen LogP contribution in [-0.2, 0) is 16.1 Å². The Morgan fingerprint density at radius 1 is 1.14 bits per heavy atom. The quantitative estimate of drug-likeness (QED) is 0.497. The molecule has 0 unspecified atom stereocenters. The second-order valence-electron chi connectivity index (χ2n) is 9.28. The Bertz CT molecular complexity index is 1320. The van der Waals surface area contributed by atoms with E-state index in [2.05, 4.69) is 10.3 Å². The maximum Gasteiger partial charge on any atom is 0.257 e. The third-order valence-corrected chi connectivity index (χ3v) is 6.76. The molecule has 9 heteroatoms. The van der Waals surface area contributed by atoms with Gasteiger partial charge in [-0.15, -0.1) is 0 Å². The zero-order chi connectivity index (χ0) is 25.7. The van der Waals surface area contributed by atoms with Gasteiger partial charge in [-0.05, 0) is 61.2 Å². The molecule has 2 aromatic carbocycles. The minimum Gasteiger partial charge on any atom is -0.370 e. The number of nitrogens with zero attached hydrogens (tertiary/aromatic N) is 4. The molecule has 1 aliphatic carbocycles. The summed E-state index contributed by atoms with van der Waals surface area (Å²) in [5.41, 5.74) is 8.21. The van der Waals surface area contributed by atoms with E-state index in [-0.39, 0.29) is 24.8 Å². The van der Waals surface area contributed by atoms with Crippen LogP contribution in [0.25, 0.3) is 11.0 Å². The van der Waals surface area contributed by atoms with Crippen molar-refractivity contribution in [2.75, 3.05) is 17.3 Å². The van der Waals surface area contributed by atoms with Crippen molar-refractivity contribution in [3.05, 3.63) is 53.6 Å². The number of carbonyl (C=O) groups is 3. The number of nitrogens with two attached hydrogens (primary N) is 1. The first-order valence-corrected chi connectivity index (χ1v) is 12.2. The molecule has 0 bridgehead atoms. The van der Waals surface area contributed by atoms with Crippen LogP contribution in [0.5, 0.6) is 0 Å². The first kappa shape index (κ1) is 24.9. The SMILES string of the molecule is CN(C(=O)CC1CCCCC1)c1ccc2c(c1)nc(NC(=O)c1ccc(C#N)cc1)n2CCC(N)=O. The second-order valence-corrected chi connectivity index (χ2v) is 9.28. The van der Waals surface area contributed by atoms with Crippen molar-refractivity contribution >= 4 is 40.4 Å². The number of fused-ring (bicyclic) bond motifs is 1. The van der Waals surface area contributed by atoms with E-state index in [0.29, 0.717) is 40.2 Å². The molecule has 186 valence electrons. The maximum atomic E-state index is 12.9. The first-order valence-electron chi connectivity index (χ1n) is 12.2. The summed E-state index contributed by atoms with van der Waals surface area (Å²) in [4.78, 5) is 43.5. The lowest BCUT2D eigenvalue weighted by atomic mass is 9.86. The molecular weight excluding hydrogens is 456 g/mol. The Balaban J connectivity index is 1.59. The van der Waals surface area contributed by atoms with Crippen LogP contribution >= 0.6 is 0 Å². The first-order chi connectivity index (χ1) is 17.4. The molecule has 0 saturated heterocycles. The molecular formula is C27H30N6O3. The molecule has 1 saturated carbocycles. The number of nitriles is 1. The van der Waals surface area contributed by atoms with E-state index in [1.165, 1.54) is 19.3 Å². The predicted molar refractivity (Wildman–Crippen MR) is 137 cm³/mol. The molecule has 3 N–H and O–H groups in total. The van der Waals surface area contributed by atoms with Crippen LogP contribution in [0, 0.1) is 17.2 Å². The molecule has 0 aliphatic heterocycles. The van der Waals surface area contributed by atoms with E-state index in [1.54, 1.807) is 40.8 Å². The molecule has 0 spiro atoms. The fraction of sp³-hybridized carbons (Fsp3) is 0.370. The fourth-order valence-corrected chi connectivity index (χ4v) is 4.66. The number of nitrogens with one attached hydrogen (secondary N) is 1. The van der Waals surface area contributed by atoms with Gasteiger partial charge in [0.1, 0.15) is 0 Å². The highest BCUT2D eigenvalue weighted by Gasteiger charge is 2.21. The molecule has 0 radical (unpaired) electrons. The van der Waals surface area contributed by atoms with Gasteiger partial charge in [-0.1, -0.05) is 19.3 Å². The Morgan fingerprint density at radius 3 is 2.53 bits per heavy atom. The van der Waals surface area contributed by atoms with Crippen molar-refractivity contribution < 1.29 is 14.4 Å². The molecule has 1 aliphatic rings. The van der Waals surface area contributed by atoms with Crippen molar-refractivity contribution in [1.82, 2.24) is 9.55 Å². The summed E-state index contributed by atoms with van der Waals surface area (Å²) in [6, 6.07) is 13.8. The molecule has 36 heavy (non-hydrogen) atoms. The number of rotatable bonds is 8. The monoisotopic (exact) mass is 486 g/mol. The van der Waals surface area contributed by atoms with Crippen LogP contribution in [0.15, 0.2) is 42.5 Å². The molecule has 4 rings (SSSR count). The average Bonchev–Trinajstić information content (AvgIpc) is 3.23. The summed E-state index contributed by atoms with van der Waals surface area (Å²) in [6.45, 7) is 0.241. The number of hydrogen-bond donors (Lipinski definition) is 2. The third-order valence-electron chi connectivity index (χ3n) is 6.76. The van der Waals surface area contributed by atoms with Crippen LogP contribution in [-0.4, -0.2) is 34.3 Å². The van der Waals surface area contributed by atoms with Gasteiger partial charge in [0.25, 0.3) is 5.91 Å². The number of primary amides is 1. The average molecular weight is 487 g/mol. The lowest BCUT2D eigenvalue weighted by Crippen LogP contribution is -2.28. The molecule has 9 nitrogen and oxygen atoms in total. The van der Waals surface area contributed by atoms with Gasteiger partial charge in [-0.2, -0.15) is 5.26 Å². The van der Waals surface area contributed by atoms with Crippen LogP contribution in [0.1, 0.15) is 60.9 Å². The number of carbonyl (C=O) groups excluding carboxylic acids is 3. The molecule has 0 atom stereocenters. The van der Waals surface area contributed by atoms with Gasteiger partial charge in [0, 0.05) is 37.7 Å². The highest BCUT2D eigenvalue weighted by atomic mass is 16.2. The van der Waals surface area contributed by atoms with Gasteiger partial charge < -0.3 is 15.2 Å². The van der Waals surface area contributed by atoms with Gasteiger partial charge in [0.2, 0.25) is 17.8 Å². The van der Waals surface area contributed by atoms with E-state index in [9.17, 15) is 14.4 Å². The van der Waals surface area contributed by atoms with E-state index in [1.807, 2.05) is 24.3 Å². The van der Waals surface area contributed by atoms with Crippen LogP contribution in [0.3, 0.4) is 0 Å². The zero-order valence-corrected chi connectivity index (χ0v) is 20.4. The predicted octanol–water partition coefficient (Wildman–Crippen LogP) is 3.97. The van der Waals surface area contributed by atoms with Crippen molar-refractivity contribution in [2.24, 2.45) is 11.7 Å². The Labute approximate surface area is 209 Å². The normalized spacial score (nSPS) is 13.8. The summed E-state index contributed by atoms with van der Waals surface area (Å²) >= 11 is 0. The number of amides is 3. The minimum atomic E-state index is -0.467. The lowest BCUT2D eigenvalue weighted by molar-refractivity contribution is -0.119. The lowest BCUT2D eigenvalue weighted by Gasteiger charge is -2.24. The number of aryl methyl sites for hydroxylation is 1. The standard InChI is InChI=1S/C27H30N6O3/c1-32(25(35)15-18-5-3-2-4-6-18)21-11-12-23-22(16-21)30-27(33(23)14-13-24(29)34)31-26(36)20-9-7-19(17-28)8-10-20/h7-12,16,18H,2-6,13-15H2,1H3,(H2,29,34)(H,30,31,36). The summed E-state index contributed by atoms with van der Waals surface area (Å²) in [5, 5.41) is 11.8. The summed E-state index contributed by atoms with van der Waals surface area (Å²) < 4.78 is 1.73. The van der Waals surface area contributed by atoms with Gasteiger partial charge >= 0.3 is 0 Å². The molecule has 3 aromatic rings. The molecule has 1 fully saturated rings. The Morgan fingerprint density at radius 2 is 1.86 bits per heavy atom. The number of hydrogen-bond acceptors (Lipinski definition) is 5. The zero-order valence-electron chi connectivity index (χ0n) is 20.4. The minimum absolute atomic E-state index is 0.0729. The van der Waals surface area contributed by atoms with Gasteiger partial charge in [-0.25, -0.2) is 4.98 Å². The molecule has 1 heterocycles. The van der Waals surface area contributed by atoms with Crippen LogP contribution in [0.2, 0.25) is 0 Å². The van der Waals surface area contributed by atoms with Gasteiger partial charge in [-0.3, -0.25) is 19.7 Å². The fourth-order valence-electron chi connectivity index (χ4n) is 4.66. The van der Waals surface area contributed by atoms with Gasteiger partial charge in [0.15, 0.2) is 0 Å². The van der Waals surface area contributed by atoms with Crippen LogP contribution < -0.4 is 16.0 Å². The number of imidazole rings is 1. The summed E-state index contributed by atoms with van der Waals surface area (Å²) in [6.07, 6.45) is 6.44. The highest BCUT2D eigenvalue weighted by molar-refractivity contribution is 6.04. The van der Waals surface area contributed by atoms with E-state index in [0.717, 1.165) is 12.8 Å². The van der Waals surface area contributed by atoms with Crippen molar-refractivity contribution in [3.63, 3.8) is 0 Å². The van der Waals surface area contributed by atoms with Crippen molar-refractivity contribution in [1.29, 1.82) is 5.26 Å². The second kappa shape index (κ2) is 11.0. The number of anilines is 2.